The molecule has 7 heteroatoms. The van der Waals surface area contributed by atoms with Crippen molar-refractivity contribution in [3.63, 3.8) is 0 Å². The maximum atomic E-state index is 10.9. The second-order valence-corrected chi connectivity index (χ2v) is 4.80. The fraction of sp³-hybridized carbons (Fsp3) is 0.0714. The fourth-order valence-electron chi connectivity index (χ4n) is 1.66. The molecule has 0 saturated heterocycles. The van der Waals surface area contributed by atoms with Crippen molar-refractivity contribution in [3.05, 3.63) is 56.5 Å². The van der Waals surface area contributed by atoms with Gasteiger partial charge in [-0.3, -0.25) is 10.1 Å². The van der Waals surface area contributed by atoms with Gasteiger partial charge in [0.25, 0.3) is 0 Å². The number of nitrogens with zero attached hydrogens (tertiary/aromatic N) is 2. The summed E-state index contributed by atoms with van der Waals surface area (Å²) < 4.78 is 11.1. The smallest absolute Gasteiger partial charge is 0.314 e. The van der Waals surface area contributed by atoms with Crippen molar-refractivity contribution in [1.29, 1.82) is 5.26 Å². The molecular weight excluding hydrogens is 340 g/mol. The minimum Gasteiger partial charge on any atom is -0.490 e. The summed E-state index contributed by atoms with van der Waals surface area (Å²) in [6.45, 7) is 0. The molecule has 2 aromatic carbocycles. The molecule has 2 rings (SSSR count). The lowest BCUT2D eigenvalue weighted by molar-refractivity contribution is -0.385. The second kappa shape index (κ2) is 6.24. The molecule has 106 valence electrons. The van der Waals surface area contributed by atoms with Crippen LogP contribution in [-0.4, -0.2) is 12.0 Å². The number of halogens is 1. The van der Waals surface area contributed by atoms with Crippen molar-refractivity contribution in [2.75, 3.05) is 7.11 Å². The highest BCUT2D eigenvalue weighted by molar-refractivity contribution is 9.10. The summed E-state index contributed by atoms with van der Waals surface area (Å²) in [6, 6.07) is 11.2. The predicted octanol–water partition coefficient (Wildman–Crippen LogP) is 4.03. The molecule has 0 N–H and O–H groups in total. The van der Waals surface area contributed by atoms with Crippen molar-refractivity contribution in [3.8, 4) is 23.3 Å². The summed E-state index contributed by atoms with van der Waals surface area (Å²) in [7, 11) is 1.36. The fourth-order valence-corrected chi connectivity index (χ4v) is 2.11. The van der Waals surface area contributed by atoms with Crippen LogP contribution in [0.2, 0.25) is 0 Å². The van der Waals surface area contributed by atoms with E-state index in [4.69, 9.17) is 14.7 Å². The molecule has 0 amide bonds. The Labute approximate surface area is 128 Å². The molecular formula is C14H9BrN2O4. The molecule has 0 aromatic heterocycles. The number of nitro groups is 1. The molecule has 0 aliphatic carbocycles. The van der Waals surface area contributed by atoms with Gasteiger partial charge in [0.1, 0.15) is 17.6 Å². The van der Waals surface area contributed by atoms with Crippen LogP contribution in [0.1, 0.15) is 5.56 Å². The van der Waals surface area contributed by atoms with Gasteiger partial charge < -0.3 is 9.47 Å². The Morgan fingerprint density at radius 3 is 2.48 bits per heavy atom. The van der Waals surface area contributed by atoms with E-state index in [1.165, 1.54) is 19.2 Å². The van der Waals surface area contributed by atoms with Gasteiger partial charge >= 0.3 is 5.69 Å². The van der Waals surface area contributed by atoms with Crippen LogP contribution in [0.15, 0.2) is 40.9 Å². The first kappa shape index (κ1) is 14.8. The normalized spacial score (nSPS) is 9.76. The lowest BCUT2D eigenvalue weighted by Crippen LogP contribution is -1.94. The number of hydrogen-bond acceptors (Lipinski definition) is 5. The van der Waals surface area contributed by atoms with Gasteiger partial charge in [0.05, 0.1) is 23.7 Å². The number of nitro benzene ring substituents is 1. The monoisotopic (exact) mass is 348 g/mol. The van der Waals surface area contributed by atoms with Gasteiger partial charge in [-0.1, -0.05) is 0 Å². The van der Waals surface area contributed by atoms with E-state index in [-0.39, 0.29) is 11.4 Å². The minimum atomic E-state index is -0.541. The summed E-state index contributed by atoms with van der Waals surface area (Å²) in [5.74, 6) is 0.924. The van der Waals surface area contributed by atoms with E-state index in [0.29, 0.717) is 21.5 Å². The molecule has 2 aromatic rings. The zero-order valence-corrected chi connectivity index (χ0v) is 12.5. The Morgan fingerprint density at radius 2 is 1.90 bits per heavy atom. The number of ether oxygens (including phenoxy) is 2. The number of nitriles is 1. The Kier molecular flexibility index (Phi) is 4.40. The number of benzene rings is 2. The van der Waals surface area contributed by atoms with Gasteiger partial charge in [-0.15, -0.1) is 0 Å². The molecule has 6 nitrogen and oxygen atoms in total. The Balaban J connectivity index is 2.32. The van der Waals surface area contributed by atoms with E-state index in [1.807, 2.05) is 6.07 Å². The zero-order chi connectivity index (χ0) is 15.4. The van der Waals surface area contributed by atoms with Gasteiger partial charge in [-0.05, 0) is 46.3 Å². The zero-order valence-electron chi connectivity index (χ0n) is 10.9. The van der Waals surface area contributed by atoms with E-state index in [2.05, 4.69) is 15.9 Å². The quantitative estimate of drug-likeness (QED) is 0.614. The summed E-state index contributed by atoms with van der Waals surface area (Å²) in [5.41, 5.74) is 0.297. The Hall–Kier alpha value is -2.59. The molecule has 21 heavy (non-hydrogen) atoms. The highest BCUT2D eigenvalue weighted by Crippen LogP contribution is 2.33. The van der Waals surface area contributed by atoms with E-state index < -0.39 is 4.92 Å². The second-order valence-electron chi connectivity index (χ2n) is 3.95. The Bertz CT molecular complexity index is 740. The average Bonchev–Trinajstić information content (AvgIpc) is 2.47. The van der Waals surface area contributed by atoms with E-state index in [1.54, 1.807) is 24.3 Å². The highest BCUT2D eigenvalue weighted by atomic mass is 79.9. The third-order valence-corrected chi connectivity index (χ3v) is 3.30. The summed E-state index contributed by atoms with van der Waals surface area (Å²) in [4.78, 5) is 10.4. The standard InChI is InChI=1S/C14H9BrN2O4/c1-20-14-5-4-11(7-13(14)17(18)19)21-10-3-2-9(8-16)12(15)6-10/h2-7H,1H3. The van der Waals surface area contributed by atoms with Crippen LogP contribution in [-0.2, 0) is 0 Å². The summed E-state index contributed by atoms with van der Waals surface area (Å²) in [6.07, 6.45) is 0. The number of methoxy groups -OCH3 is 1. The molecule has 0 aliphatic rings. The van der Waals surface area contributed by atoms with E-state index in [9.17, 15) is 10.1 Å². The third kappa shape index (κ3) is 3.30. The van der Waals surface area contributed by atoms with Crippen LogP contribution in [0.4, 0.5) is 5.69 Å². The first-order valence-corrected chi connectivity index (χ1v) is 6.54. The lowest BCUT2D eigenvalue weighted by atomic mass is 10.2. The number of hydrogen-bond donors (Lipinski definition) is 0. The van der Waals surface area contributed by atoms with Crippen LogP contribution in [0.5, 0.6) is 17.2 Å². The van der Waals surface area contributed by atoms with Crippen molar-refractivity contribution < 1.29 is 14.4 Å². The van der Waals surface area contributed by atoms with Crippen molar-refractivity contribution in [2.24, 2.45) is 0 Å². The lowest BCUT2D eigenvalue weighted by Gasteiger charge is -2.08. The maximum absolute atomic E-state index is 10.9. The van der Waals surface area contributed by atoms with Gasteiger partial charge in [0.15, 0.2) is 5.75 Å². The molecule has 0 fully saturated rings. The first-order chi connectivity index (χ1) is 10.0. The van der Waals surface area contributed by atoms with Crippen molar-refractivity contribution in [2.45, 2.75) is 0 Å². The highest BCUT2D eigenvalue weighted by Gasteiger charge is 2.16. The molecule has 0 radical (unpaired) electrons. The first-order valence-electron chi connectivity index (χ1n) is 5.75. The maximum Gasteiger partial charge on any atom is 0.314 e. The minimum absolute atomic E-state index is 0.161. The van der Waals surface area contributed by atoms with E-state index in [0.717, 1.165) is 0 Å². The molecule has 0 spiro atoms. The average molecular weight is 349 g/mol. The van der Waals surface area contributed by atoms with Crippen molar-refractivity contribution >= 4 is 21.6 Å². The molecule has 0 atom stereocenters. The molecule has 0 heterocycles. The number of rotatable bonds is 4. The topological polar surface area (TPSA) is 85.4 Å². The predicted molar refractivity (Wildman–Crippen MR) is 78.6 cm³/mol. The molecule has 0 saturated carbocycles. The van der Waals surface area contributed by atoms with Crippen LogP contribution < -0.4 is 9.47 Å². The SMILES string of the molecule is COc1ccc(Oc2ccc(C#N)c(Br)c2)cc1[N+](=O)[O-]. The molecule has 0 aliphatic heterocycles. The summed E-state index contributed by atoms with van der Waals surface area (Å²) in [5, 5.41) is 19.8. The van der Waals surface area contributed by atoms with Crippen LogP contribution in [0, 0.1) is 21.4 Å². The van der Waals surface area contributed by atoms with Crippen LogP contribution in [0.3, 0.4) is 0 Å². The molecule has 0 unspecified atom stereocenters. The largest absolute Gasteiger partial charge is 0.490 e. The Morgan fingerprint density at radius 1 is 1.24 bits per heavy atom. The van der Waals surface area contributed by atoms with Crippen molar-refractivity contribution in [1.82, 2.24) is 0 Å². The molecule has 0 bridgehead atoms. The van der Waals surface area contributed by atoms with Gasteiger partial charge in [-0.25, -0.2) is 0 Å². The van der Waals surface area contributed by atoms with Crippen LogP contribution >= 0.6 is 15.9 Å². The van der Waals surface area contributed by atoms with E-state index >= 15 is 0 Å². The van der Waals surface area contributed by atoms with Gasteiger partial charge in [0, 0.05) is 4.47 Å². The van der Waals surface area contributed by atoms with Gasteiger partial charge in [-0.2, -0.15) is 5.26 Å². The van der Waals surface area contributed by atoms with Crippen LogP contribution in [0.25, 0.3) is 0 Å². The van der Waals surface area contributed by atoms with Gasteiger partial charge in [0.2, 0.25) is 0 Å². The summed E-state index contributed by atoms with van der Waals surface area (Å²) >= 11 is 3.25. The third-order valence-electron chi connectivity index (χ3n) is 2.64.